The van der Waals surface area contributed by atoms with Gasteiger partial charge in [-0.25, -0.2) is 4.79 Å². The van der Waals surface area contributed by atoms with Crippen molar-refractivity contribution in [3.63, 3.8) is 0 Å². The first-order valence-electron chi connectivity index (χ1n) is 8.38. The van der Waals surface area contributed by atoms with Gasteiger partial charge in [-0.3, -0.25) is 0 Å². The predicted octanol–water partition coefficient (Wildman–Crippen LogP) is 3.52. The van der Waals surface area contributed by atoms with E-state index in [4.69, 9.17) is 14.2 Å². The van der Waals surface area contributed by atoms with Crippen LogP contribution in [0.3, 0.4) is 0 Å². The molecule has 0 amide bonds. The van der Waals surface area contributed by atoms with Gasteiger partial charge >= 0.3 is 5.97 Å². The van der Waals surface area contributed by atoms with Crippen molar-refractivity contribution in [1.82, 2.24) is 0 Å². The van der Waals surface area contributed by atoms with E-state index < -0.39 is 6.10 Å². The maximum atomic E-state index is 12.2. The Morgan fingerprint density at radius 3 is 2.16 bits per heavy atom. The molecule has 0 aliphatic carbocycles. The molecule has 2 aromatic rings. The molecule has 1 aliphatic heterocycles. The summed E-state index contributed by atoms with van der Waals surface area (Å²) >= 11 is 0. The van der Waals surface area contributed by atoms with Gasteiger partial charge in [-0.2, -0.15) is 0 Å². The van der Waals surface area contributed by atoms with E-state index in [1.54, 1.807) is 6.08 Å². The maximum absolute atomic E-state index is 12.2. The molecule has 0 bridgehead atoms. The van der Waals surface area contributed by atoms with Crippen molar-refractivity contribution in [2.75, 3.05) is 6.61 Å². The van der Waals surface area contributed by atoms with Crippen LogP contribution in [-0.2, 0) is 32.2 Å². The lowest BCUT2D eigenvalue weighted by Gasteiger charge is -2.17. The van der Waals surface area contributed by atoms with Gasteiger partial charge in [-0.15, -0.1) is 6.58 Å². The van der Waals surface area contributed by atoms with E-state index >= 15 is 0 Å². The summed E-state index contributed by atoms with van der Waals surface area (Å²) in [5.74, 6) is -0.568. The number of hydrogen-bond donors (Lipinski definition) is 0. The van der Waals surface area contributed by atoms with E-state index in [2.05, 4.69) is 6.58 Å². The molecule has 25 heavy (non-hydrogen) atoms. The minimum atomic E-state index is -0.636. The average molecular weight is 338 g/mol. The van der Waals surface area contributed by atoms with Gasteiger partial charge in [0.15, 0.2) is 6.10 Å². The summed E-state index contributed by atoms with van der Waals surface area (Å²) in [4.78, 5) is 12.2. The first kappa shape index (κ1) is 17.4. The molecule has 2 aromatic carbocycles. The number of esters is 1. The third-order valence-electron chi connectivity index (χ3n) is 4.22. The van der Waals surface area contributed by atoms with E-state index in [0.717, 1.165) is 11.1 Å². The number of ether oxygens (including phenoxy) is 3. The fraction of sp³-hybridized carbons (Fsp3) is 0.286. The van der Waals surface area contributed by atoms with Crippen molar-refractivity contribution in [1.29, 1.82) is 0 Å². The second-order valence-electron chi connectivity index (χ2n) is 6.01. The zero-order valence-corrected chi connectivity index (χ0v) is 14.0. The van der Waals surface area contributed by atoms with E-state index in [1.807, 2.05) is 60.7 Å². The molecule has 4 heteroatoms. The number of carbonyl (C=O) groups is 1. The van der Waals surface area contributed by atoms with Gasteiger partial charge in [-0.05, 0) is 11.1 Å². The van der Waals surface area contributed by atoms with Crippen LogP contribution in [0, 0.1) is 5.92 Å². The fourth-order valence-electron chi connectivity index (χ4n) is 2.87. The number of cyclic esters (lactones) is 1. The Balaban J connectivity index is 1.53. The minimum absolute atomic E-state index is 0.216. The molecule has 0 radical (unpaired) electrons. The van der Waals surface area contributed by atoms with E-state index in [9.17, 15) is 4.79 Å². The highest BCUT2D eigenvalue weighted by atomic mass is 16.6. The lowest BCUT2D eigenvalue weighted by Crippen LogP contribution is -2.29. The van der Waals surface area contributed by atoms with E-state index in [-0.39, 0.29) is 18.0 Å². The van der Waals surface area contributed by atoms with Crippen LogP contribution in [0.15, 0.2) is 73.3 Å². The first-order valence-corrected chi connectivity index (χ1v) is 8.38. The van der Waals surface area contributed by atoms with Crippen LogP contribution >= 0.6 is 0 Å². The molecule has 0 saturated carbocycles. The second kappa shape index (κ2) is 8.60. The molecule has 0 spiro atoms. The van der Waals surface area contributed by atoms with E-state index in [1.165, 1.54) is 0 Å². The van der Waals surface area contributed by atoms with Crippen LogP contribution in [0.4, 0.5) is 0 Å². The molecule has 1 aliphatic rings. The Morgan fingerprint density at radius 2 is 1.56 bits per heavy atom. The van der Waals surface area contributed by atoms with Crippen molar-refractivity contribution in [2.24, 2.45) is 5.92 Å². The van der Waals surface area contributed by atoms with Crippen LogP contribution in [0.2, 0.25) is 0 Å². The highest BCUT2D eigenvalue weighted by Gasteiger charge is 2.43. The number of carbonyl (C=O) groups excluding carboxylic acids is 1. The monoisotopic (exact) mass is 338 g/mol. The zero-order chi connectivity index (χ0) is 17.5. The summed E-state index contributed by atoms with van der Waals surface area (Å²) in [6.45, 7) is 5.00. The Kier molecular flexibility index (Phi) is 5.99. The average Bonchev–Trinajstić information content (AvgIpc) is 2.96. The molecule has 4 nitrogen and oxygen atoms in total. The van der Waals surface area contributed by atoms with Crippen molar-refractivity contribution >= 4 is 5.97 Å². The van der Waals surface area contributed by atoms with Crippen LogP contribution < -0.4 is 0 Å². The minimum Gasteiger partial charge on any atom is -0.457 e. The Hall–Kier alpha value is -2.43. The van der Waals surface area contributed by atoms with Crippen LogP contribution in [0.1, 0.15) is 11.1 Å². The van der Waals surface area contributed by atoms with Crippen LogP contribution in [0.25, 0.3) is 0 Å². The summed E-state index contributed by atoms with van der Waals surface area (Å²) in [5, 5.41) is 0. The molecule has 1 saturated heterocycles. The third-order valence-corrected chi connectivity index (χ3v) is 4.22. The largest absolute Gasteiger partial charge is 0.457 e. The zero-order valence-electron chi connectivity index (χ0n) is 14.0. The van der Waals surface area contributed by atoms with Gasteiger partial charge in [0.05, 0.1) is 25.7 Å². The summed E-state index contributed by atoms with van der Waals surface area (Å²) in [6.07, 6.45) is 0.717. The second-order valence-corrected chi connectivity index (χ2v) is 6.01. The number of rotatable bonds is 8. The summed E-state index contributed by atoms with van der Waals surface area (Å²) < 4.78 is 17.0. The van der Waals surface area contributed by atoms with Crippen molar-refractivity contribution < 1.29 is 19.0 Å². The lowest BCUT2D eigenvalue weighted by molar-refractivity contribution is -0.151. The molecular formula is C21H22O4. The van der Waals surface area contributed by atoms with Gasteiger partial charge in [0.25, 0.3) is 0 Å². The van der Waals surface area contributed by atoms with Gasteiger partial charge < -0.3 is 14.2 Å². The van der Waals surface area contributed by atoms with Crippen molar-refractivity contribution in [2.45, 2.75) is 25.4 Å². The van der Waals surface area contributed by atoms with Crippen molar-refractivity contribution in [3.8, 4) is 0 Å². The quantitative estimate of drug-likeness (QED) is 0.546. The summed E-state index contributed by atoms with van der Waals surface area (Å²) in [7, 11) is 0. The van der Waals surface area contributed by atoms with Gasteiger partial charge in [0.2, 0.25) is 0 Å². The smallest absolute Gasteiger partial charge is 0.336 e. The normalized spacial score (nSPS) is 22.6. The van der Waals surface area contributed by atoms with Gasteiger partial charge in [-0.1, -0.05) is 66.7 Å². The molecule has 0 aromatic heterocycles. The topological polar surface area (TPSA) is 44.8 Å². The lowest BCUT2D eigenvalue weighted by atomic mass is 9.99. The molecule has 1 heterocycles. The third kappa shape index (κ3) is 4.56. The predicted molar refractivity (Wildman–Crippen MR) is 94.7 cm³/mol. The first-order chi connectivity index (χ1) is 12.3. The Labute approximate surface area is 148 Å². The van der Waals surface area contributed by atoms with Gasteiger partial charge in [0, 0.05) is 0 Å². The maximum Gasteiger partial charge on any atom is 0.336 e. The molecular weight excluding hydrogens is 316 g/mol. The molecule has 3 atom stereocenters. The highest BCUT2D eigenvalue weighted by molar-refractivity contribution is 5.78. The van der Waals surface area contributed by atoms with Gasteiger partial charge in [0.1, 0.15) is 6.10 Å². The SMILES string of the molecule is C=C[C@@H]1[C@@H](COCc2ccccc2)OC(=O)[C@@H]1OCc1ccccc1. The Bertz CT molecular complexity index is 684. The number of hydrogen-bond acceptors (Lipinski definition) is 4. The molecule has 1 fully saturated rings. The highest BCUT2D eigenvalue weighted by Crippen LogP contribution is 2.27. The Morgan fingerprint density at radius 1 is 0.960 bits per heavy atom. The summed E-state index contributed by atoms with van der Waals surface area (Å²) in [6, 6.07) is 19.6. The molecule has 0 N–H and O–H groups in total. The summed E-state index contributed by atoms with van der Waals surface area (Å²) in [5.41, 5.74) is 2.10. The molecule has 3 rings (SSSR count). The van der Waals surface area contributed by atoms with Crippen LogP contribution in [-0.4, -0.2) is 24.8 Å². The molecule has 130 valence electrons. The van der Waals surface area contributed by atoms with Crippen molar-refractivity contribution in [3.05, 3.63) is 84.4 Å². The van der Waals surface area contributed by atoms with E-state index in [0.29, 0.717) is 19.8 Å². The standard InChI is InChI=1S/C21H22O4/c1-2-18-19(15-23-13-16-9-5-3-6-10-16)25-21(22)20(18)24-14-17-11-7-4-8-12-17/h2-12,18-20H,1,13-15H2/t18-,19-,20-/m1/s1. The molecule has 0 unspecified atom stereocenters. The number of benzene rings is 2. The fourth-order valence-corrected chi connectivity index (χ4v) is 2.87. The van der Waals surface area contributed by atoms with Crippen LogP contribution in [0.5, 0.6) is 0 Å².